The lowest BCUT2D eigenvalue weighted by atomic mass is 9.70. The molecule has 1 heterocycles. The fourth-order valence-electron chi connectivity index (χ4n) is 3.92. The summed E-state index contributed by atoms with van der Waals surface area (Å²) < 4.78 is 27.1. The van der Waals surface area contributed by atoms with Crippen molar-refractivity contribution >= 4 is 17.5 Å². The summed E-state index contributed by atoms with van der Waals surface area (Å²) in [5, 5.41) is 0.0669. The molecule has 0 aliphatic carbocycles. The van der Waals surface area contributed by atoms with Crippen molar-refractivity contribution in [2.75, 3.05) is 6.54 Å². The van der Waals surface area contributed by atoms with Gasteiger partial charge in [0.1, 0.15) is 11.6 Å². The minimum absolute atomic E-state index is 0.00437. The summed E-state index contributed by atoms with van der Waals surface area (Å²) in [5.41, 5.74) is 1.28. The van der Waals surface area contributed by atoms with Crippen LogP contribution >= 0.6 is 11.6 Å². The number of allylic oxidation sites excluding steroid dienone is 1. The van der Waals surface area contributed by atoms with Gasteiger partial charge in [-0.1, -0.05) is 35.9 Å². The Balaban J connectivity index is 1.84. The molecule has 1 fully saturated rings. The molecule has 2 aromatic carbocycles. The largest absolute Gasteiger partial charge is 0.336 e. The first kappa shape index (κ1) is 19.6. The maximum absolute atomic E-state index is 13.8. The van der Waals surface area contributed by atoms with Gasteiger partial charge < -0.3 is 4.90 Å². The minimum atomic E-state index is -0.488. The molecular formula is C22H22ClF2NO. The standard InChI is InChI=1S/C22H22ClF2NO/c1-3-10-22(17-5-7-18(24)8-6-17)11-12-26(21(27)14-22)15(2)16-4-9-19(23)20(25)13-16/h3-9,13,15H,1,10-12,14H2,2H3/t15-,22-/m0/s1. The van der Waals surface area contributed by atoms with Crippen LogP contribution in [0.4, 0.5) is 8.78 Å². The predicted octanol–water partition coefficient (Wildman–Crippen LogP) is 5.82. The summed E-state index contributed by atoms with van der Waals surface area (Å²) in [4.78, 5) is 14.8. The van der Waals surface area contributed by atoms with Gasteiger partial charge in [-0.3, -0.25) is 4.79 Å². The third kappa shape index (κ3) is 3.91. The van der Waals surface area contributed by atoms with Gasteiger partial charge in [0.2, 0.25) is 5.91 Å². The lowest BCUT2D eigenvalue weighted by Gasteiger charge is -2.43. The van der Waals surface area contributed by atoms with Gasteiger partial charge in [0.05, 0.1) is 11.1 Å². The normalized spacial score (nSPS) is 21.2. The average Bonchev–Trinajstić information content (AvgIpc) is 2.64. The lowest BCUT2D eigenvalue weighted by molar-refractivity contribution is -0.138. The summed E-state index contributed by atoms with van der Waals surface area (Å²) in [6.07, 6.45) is 3.49. The number of amides is 1. The van der Waals surface area contributed by atoms with Gasteiger partial charge in [-0.15, -0.1) is 6.58 Å². The number of likely N-dealkylation sites (tertiary alicyclic amines) is 1. The lowest BCUT2D eigenvalue weighted by Crippen LogP contribution is -2.47. The zero-order valence-electron chi connectivity index (χ0n) is 15.2. The number of hydrogen-bond acceptors (Lipinski definition) is 1. The third-order valence-corrected chi connectivity index (χ3v) is 5.83. The van der Waals surface area contributed by atoms with Crippen LogP contribution < -0.4 is 0 Å². The Morgan fingerprint density at radius 2 is 1.96 bits per heavy atom. The molecule has 0 unspecified atom stereocenters. The Kier molecular flexibility index (Phi) is 5.66. The second kappa shape index (κ2) is 7.81. The van der Waals surface area contributed by atoms with Crippen LogP contribution in [-0.2, 0) is 10.2 Å². The van der Waals surface area contributed by atoms with E-state index in [1.807, 2.05) is 13.0 Å². The molecule has 0 radical (unpaired) electrons. The monoisotopic (exact) mass is 389 g/mol. The molecule has 0 N–H and O–H groups in total. The SMILES string of the molecule is C=CC[C@]1(c2ccc(F)cc2)CCN([C@@H](C)c2ccc(Cl)c(F)c2)C(=O)C1. The fourth-order valence-corrected chi connectivity index (χ4v) is 4.04. The van der Waals surface area contributed by atoms with E-state index in [1.165, 1.54) is 24.3 Å². The highest BCUT2D eigenvalue weighted by Gasteiger charge is 2.40. The van der Waals surface area contributed by atoms with Gasteiger partial charge in [-0.2, -0.15) is 0 Å². The Bertz CT molecular complexity index is 852. The van der Waals surface area contributed by atoms with Crippen LogP contribution in [0.15, 0.2) is 55.1 Å². The van der Waals surface area contributed by atoms with Crippen molar-refractivity contribution in [2.24, 2.45) is 0 Å². The van der Waals surface area contributed by atoms with E-state index in [-0.39, 0.29) is 28.2 Å². The number of benzene rings is 2. The summed E-state index contributed by atoms with van der Waals surface area (Å²) >= 11 is 5.76. The molecule has 0 bridgehead atoms. The zero-order chi connectivity index (χ0) is 19.6. The first-order chi connectivity index (χ1) is 12.9. The molecule has 2 aromatic rings. The van der Waals surface area contributed by atoms with Crippen molar-refractivity contribution in [1.29, 1.82) is 0 Å². The molecule has 5 heteroatoms. The second-order valence-electron chi connectivity index (χ2n) is 7.14. The van der Waals surface area contributed by atoms with Crippen LogP contribution in [0.25, 0.3) is 0 Å². The Morgan fingerprint density at radius 3 is 2.56 bits per heavy atom. The Hall–Kier alpha value is -2.20. The highest BCUT2D eigenvalue weighted by atomic mass is 35.5. The van der Waals surface area contributed by atoms with E-state index in [9.17, 15) is 13.6 Å². The van der Waals surface area contributed by atoms with E-state index in [0.717, 1.165) is 12.0 Å². The van der Waals surface area contributed by atoms with Gasteiger partial charge in [0.15, 0.2) is 0 Å². The van der Waals surface area contributed by atoms with E-state index in [4.69, 9.17) is 11.6 Å². The smallest absolute Gasteiger partial charge is 0.223 e. The van der Waals surface area contributed by atoms with Crippen LogP contribution in [0.1, 0.15) is 43.4 Å². The van der Waals surface area contributed by atoms with Crippen molar-refractivity contribution in [3.05, 3.63) is 82.9 Å². The molecule has 27 heavy (non-hydrogen) atoms. The molecule has 0 spiro atoms. The van der Waals surface area contributed by atoms with Gasteiger partial charge in [0, 0.05) is 18.4 Å². The van der Waals surface area contributed by atoms with Crippen LogP contribution in [0.3, 0.4) is 0 Å². The number of carbonyl (C=O) groups excluding carboxylic acids is 1. The first-order valence-corrected chi connectivity index (χ1v) is 9.35. The zero-order valence-corrected chi connectivity index (χ0v) is 16.0. The minimum Gasteiger partial charge on any atom is -0.336 e. The van der Waals surface area contributed by atoms with Crippen molar-refractivity contribution in [3.8, 4) is 0 Å². The summed E-state index contributed by atoms with van der Waals surface area (Å²) in [6.45, 7) is 6.26. The maximum Gasteiger partial charge on any atom is 0.223 e. The molecule has 3 rings (SSSR count). The van der Waals surface area contributed by atoms with Gasteiger partial charge in [0.25, 0.3) is 0 Å². The Labute approximate surface area is 163 Å². The van der Waals surface area contributed by atoms with Crippen LogP contribution in [0.2, 0.25) is 5.02 Å². The first-order valence-electron chi connectivity index (χ1n) is 8.98. The summed E-state index contributed by atoms with van der Waals surface area (Å²) in [5.74, 6) is -0.789. The third-order valence-electron chi connectivity index (χ3n) is 5.53. The molecular weight excluding hydrogens is 368 g/mol. The quantitative estimate of drug-likeness (QED) is 0.590. The molecule has 2 nitrogen and oxygen atoms in total. The van der Waals surface area contributed by atoms with Crippen molar-refractivity contribution in [3.63, 3.8) is 0 Å². The molecule has 0 aromatic heterocycles. The topological polar surface area (TPSA) is 20.3 Å². The average molecular weight is 390 g/mol. The van der Waals surface area contributed by atoms with E-state index < -0.39 is 5.82 Å². The van der Waals surface area contributed by atoms with Crippen molar-refractivity contribution < 1.29 is 13.6 Å². The number of nitrogens with zero attached hydrogens (tertiary/aromatic N) is 1. The van der Waals surface area contributed by atoms with Crippen LogP contribution in [0.5, 0.6) is 0 Å². The van der Waals surface area contributed by atoms with Crippen molar-refractivity contribution in [2.45, 2.75) is 37.6 Å². The van der Waals surface area contributed by atoms with Gasteiger partial charge in [-0.25, -0.2) is 8.78 Å². The molecule has 1 aliphatic rings. The highest BCUT2D eigenvalue weighted by molar-refractivity contribution is 6.30. The molecule has 2 atom stereocenters. The van der Waals surface area contributed by atoms with Crippen molar-refractivity contribution in [1.82, 2.24) is 4.90 Å². The van der Waals surface area contributed by atoms with Crippen LogP contribution in [-0.4, -0.2) is 17.4 Å². The predicted molar refractivity (Wildman–Crippen MR) is 104 cm³/mol. The summed E-state index contributed by atoms with van der Waals surface area (Å²) in [7, 11) is 0. The van der Waals surface area contributed by atoms with Gasteiger partial charge >= 0.3 is 0 Å². The molecule has 1 aliphatic heterocycles. The molecule has 1 saturated heterocycles. The highest BCUT2D eigenvalue weighted by Crippen LogP contribution is 2.41. The number of halogens is 3. The van der Waals surface area contributed by atoms with E-state index in [2.05, 4.69) is 6.58 Å². The summed E-state index contributed by atoms with van der Waals surface area (Å²) in [6, 6.07) is 10.7. The number of hydrogen-bond donors (Lipinski definition) is 0. The molecule has 142 valence electrons. The van der Waals surface area contributed by atoms with Crippen LogP contribution in [0, 0.1) is 11.6 Å². The number of carbonyl (C=O) groups is 1. The molecule has 1 amide bonds. The van der Waals surface area contributed by atoms with E-state index >= 15 is 0 Å². The second-order valence-corrected chi connectivity index (χ2v) is 7.55. The number of rotatable bonds is 5. The number of piperidine rings is 1. The van der Waals surface area contributed by atoms with E-state index in [1.54, 1.807) is 23.1 Å². The van der Waals surface area contributed by atoms with Gasteiger partial charge in [-0.05, 0) is 55.2 Å². The fraction of sp³-hybridized carbons (Fsp3) is 0.318. The maximum atomic E-state index is 13.8. The molecule has 0 saturated carbocycles. The van der Waals surface area contributed by atoms with E-state index in [0.29, 0.717) is 24.9 Å². The Morgan fingerprint density at radius 1 is 1.26 bits per heavy atom.